The number of carbonyl (C=O) groups is 2. The molecule has 0 unspecified atom stereocenters. The molecule has 0 aromatic heterocycles. The topological polar surface area (TPSA) is 85.9 Å². The van der Waals surface area contributed by atoms with Crippen LogP contribution in [0.2, 0.25) is 0 Å². The van der Waals surface area contributed by atoms with Crippen molar-refractivity contribution in [2.24, 2.45) is 0 Å². The molecule has 2 aromatic carbocycles. The molecule has 2 aromatic rings. The predicted octanol–water partition coefficient (Wildman–Crippen LogP) is 3.73. The van der Waals surface area contributed by atoms with Gasteiger partial charge in [0, 0.05) is 6.08 Å². The van der Waals surface area contributed by atoms with Crippen LogP contribution < -0.4 is 25.1 Å². The maximum Gasteiger partial charge on any atom is 0.276 e. The number of amides is 2. The van der Waals surface area contributed by atoms with Crippen LogP contribution in [0.15, 0.2) is 42.5 Å². The predicted molar refractivity (Wildman–Crippen MR) is 120 cm³/mol. The van der Waals surface area contributed by atoms with Gasteiger partial charge in [-0.3, -0.25) is 20.4 Å². The highest BCUT2D eigenvalue weighted by Crippen LogP contribution is 2.28. The minimum Gasteiger partial charge on any atom is -0.493 e. The van der Waals surface area contributed by atoms with Crippen LogP contribution in [0.25, 0.3) is 6.08 Å². The van der Waals surface area contributed by atoms with Gasteiger partial charge in [0.2, 0.25) is 0 Å². The number of ether oxygens (including phenoxy) is 3. The van der Waals surface area contributed by atoms with E-state index in [9.17, 15) is 9.59 Å². The largest absolute Gasteiger partial charge is 0.493 e. The van der Waals surface area contributed by atoms with Crippen molar-refractivity contribution < 1.29 is 23.8 Å². The lowest BCUT2D eigenvalue weighted by Crippen LogP contribution is -2.43. The van der Waals surface area contributed by atoms with Crippen molar-refractivity contribution in [2.45, 2.75) is 33.6 Å². The Morgan fingerprint density at radius 1 is 0.968 bits per heavy atom. The number of hydrazine groups is 1. The number of hydrogen-bond donors (Lipinski definition) is 2. The molecular weight excluding hydrogens is 396 g/mol. The van der Waals surface area contributed by atoms with E-state index in [1.54, 1.807) is 25.3 Å². The van der Waals surface area contributed by atoms with E-state index in [-0.39, 0.29) is 6.61 Å². The molecule has 2 N–H and O–H groups in total. The number of unbranched alkanes of at least 4 members (excludes halogenated alkanes) is 1. The molecule has 0 aliphatic carbocycles. The molecule has 2 rings (SSSR count). The molecule has 7 heteroatoms. The minimum atomic E-state index is -0.470. The summed E-state index contributed by atoms with van der Waals surface area (Å²) in [6, 6.07) is 11.2. The highest BCUT2D eigenvalue weighted by Gasteiger charge is 2.07. The zero-order valence-corrected chi connectivity index (χ0v) is 18.5. The SMILES string of the molecule is CCCCOc1ccc(/C=C/C(=O)NNC(=O)COc2cc(C)ccc2C)cc1OC. The second-order valence-electron chi connectivity index (χ2n) is 7.04. The van der Waals surface area contributed by atoms with Crippen LogP contribution in [-0.2, 0) is 9.59 Å². The summed E-state index contributed by atoms with van der Waals surface area (Å²) < 4.78 is 16.6. The summed E-state index contributed by atoms with van der Waals surface area (Å²) in [4.78, 5) is 23.9. The minimum absolute atomic E-state index is 0.203. The summed E-state index contributed by atoms with van der Waals surface area (Å²) >= 11 is 0. The monoisotopic (exact) mass is 426 g/mol. The zero-order chi connectivity index (χ0) is 22.6. The number of benzene rings is 2. The van der Waals surface area contributed by atoms with E-state index in [0.717, 1.165) is 29.5 Å². The van der Waals surface area contributed by atoms with Crippen molar-refractivity contribution in [2.75, 3.05) is 20.3 Å². The summed E-state index contributed by atoms with van der Waals surface area (Å²) in [5, 5.41) is 0. The van der Waals surface area contributed by atoms with Crippen molar-refractivity contribution in [3.63, 3.8) is 0 Å². The number of nitrogens with one attached hydrogen (secondary N) is 2. The highest BCUT2D eigenvalue weighted by atomic mass is 16.5. The highest BCUT2D eigenvalue weighted by molar-refractivity contribution is 5.93. The van der Waals surface area contributed by atoms with E-state index in [2.05, 4.69) is 17.8 Å². The Kier molecular flexibility index (Phi) is 9.42. The van der Waals surface area contributed by atoms with Crippen LogP contribution >= 0.6 is 0 Å². The summed E-state index contributed by atoms with van der Waals surface area (Å²) in [5.41, 5.74) is 7.39. The van der Waals surface area contributed by atoms with Crippen LogP contribution in [0, 0.1) is 13.8 Å². The van der Waals surface area contributed by atoms with Gasteiger partial charge in [-0.15, -0.1) is 0 Å². The molecule has 0 saturated heterocycles. The number of carbonyl (C=O) groups excluding carboxylic acids is 2. The van der Waals surface area contributed by atoms with Crippen LogP contribution in [0.3, 0.4) is 0 Å². The van der Waals surface area contributed by atoms with E-state index in [0.29, 0.717) is 23.9 Å². The summed E-state index contributed by atoms with van der Waals surface area (Å²) in [5.74, 6) is 0.960. The molecule has 0 aliphatic heterocycles. The van der Waals surface area contributed by atoms with Gasteiger partial charge in [-0.2, -0.15) is 0 Å². The fourth-order valence-electron chi connectivity index (χ4n) is 2.62. The third kappa shape index (κ3) is 8.04. The zero-order valence-electron chi connectivity index (χ0n) is 18.5. The lowest BCUT2D eigenvalue weighted by atomic mass is 10.1. The van der Waals surface area contributed by atoms with E-state index in [1.807, 2.05) is 38.1 Å². The lowest BCUT2D eigenvalue weighted by Gasteiger charge is -2.11. The smallest absolute Gasteiger partial charge is 0.276 e. The van der Waals surface area contributed by atoms with Crippen molar-refractivity contribution >= 4 is 17.9 Å². The molecule has 0 saturated carbocycles. The lowest BCUT2D eigenvalue weighted by molar-refractivity contribution is -0.128. The van der Waals surface area contributed by atoms with Gasteiger partial charge in [0.15, 0.2) is 18.1 Å². The van der Waals surface area contributed by atoms with Crippen molar-refractivity contribution in [3.8, 4) is 17.2 Å². The first-order chi connectivity index (χ1) is 14.9. The molecule has 0 radical (unpaired) electrons. The second-order valence-corrected chi connectivity index (χ2v) is 7.04. The molecule has 166 valence electrons. The Morgan fingerprint density at radius 3 is 2.52 bits per heavy atom. The number of hydrogen-bond acceptors (Lipinski definition) is 5. The van der Waals surface area contributed by atoms with Crippen molar-refractivity contribution in [1.29, 1.82) is 0 Å². The Morgan fingerprint density at radius 2 is 1.77 bits per heavy atom. The first-order valence-electron chi connectivity index (χ1n) is 10.2. The average Bonchev–Trinajstić information content (AvgIpc) is 2.77. The fraction of sp³-hybridized carbons (Fsp3) is 0.333. The van der Waals surface area contributed by atoms with Gasteiger partial charge in [-0.05, 0) is 61.2 Å². The third-order valence-electron chi connectivity index (χ3n) is 4.40. The Bertz CT molecular complexity index is 924. The van der Waals surface area contributed by atoms with Crippen molar-refractivity contribution in [3.05, 3.63) is 59.2 Å². The summed E-state index contributed by atoms with van der Waals surface area (Å²) in [6.45, 7) is 6.36. The van der Waals surface area contributed by atoms with Crippen molar-refractivity contribution in [1.82, 2.24) is 10.9 Å². The van der Waals surface area contributed by atoms with Crippen LogP contribution in [0.5, 0.6) is 17.2 Å². The van der Waals surface area contributed by atoms with E-state index >= 15 is 0 Å². The van der Waals surface area contributed by atoms with Gasteiger partial charge in [0.1, 0.15) is 5.75 Å². The van der Waals surface area contributed by atoms with Crippen LogP contribution in [0.4, 0.5) is 0 Å². The molecule has 0 bridgehead atoms. The molecule has 2 amide bonds. The molecular formula is C24H30N2O5. The van der Waals surface area contributed by atoms with E-state index in [4.69, 9.17) is 14.2 Å². The molecule has 0 atom stereocenters. The Balaban J connectivity index is 1.82. The average molecular weight is 427 g/mol. The van der Waals surface area contributed by atoms with E-state index in [1.165, 1.54) is 6.08 Å². The van der Waals surface area contributed by atoms with Gasteiger partial charge < -0.3 is 14.2 Å². The number of aryl methyl sites for hydroxylation is 2. The standard InChI is InChI=1S/C24H30N2O5/c1-5-6-13-30-20-11-9-19(15-22(20)29-4)10-12-23(27)25-26-24(28)16-31-21-14-17(2)7-8-18(21)3/h7-12,14-15H,5-6,13,16H2,1-4H3,(H,25,27)(H,26,28)/b12-10+. The molecule has 0 aliphatic rings. The molecule has 0 heterocycles. The maximum absolute atomic E-state index is 12.0. The molecule has 31 heavy (non-hydrogen) atoms. The first kappa shape index (κ1) is 23.8. The number of methoxy groups -OCH3 is 1. The third-order valence-corrected chi connectivity index (χ3v) is 4.40. The summed E-state index contributed by atoms with van der Waals surface area (Å²) in [7, 11) is 1.57. The Hall–Kier alpha value is -3.48. The van der Waals surface area contributed by atoms with Gasteiger partial charge in [-0.1, -0.05) is 31.5 Å². The second kappa shape index (κ2) is 12.3. The van der Waals surface area contributed by atoms with Gasteiger partial charge in [-0.25, -0.2) is 0 Å². The van der Waals surface area contributed by atoms with Gasteiger partial charge >= 0.3 is 0 Å². The number of rotatable bonds is 10. The first-order valence-corrected chi connectivity index (χ1v) is 10.2. The molecule has 7 nitrogen and oxygen atoms in total. The maximum atomic E-state index is 12.0. The Labute approximate surface area is 183 Å². The molecule has 0 spiro atoms. The quantitative estimate of drug-likeness (QED) is 0.343. The normalized spacial score (nSPS) is 10.6. The van der Waals surface area contributed by atoms with Crippen LogP contribution in [0.1, 0.15) is 36.5 Å². The van der Waals surface area contributed by atoms with Crippen LogP contribution in [-0.4, -0.2) is 32.1 Å². The fourth-order valence-corrected chi connectivity index (χ4v) is 2.62. The van der Waals surface area contributed by atoms with E-state index < -0.39 is 11.8 Å². The van der Waals surface area contributed by atoms with Gasteiger partial charge in [0.25, 0.3) is 11.8 Å². The summed E-state index contributed by atoms with van der Waals surface area (Å²) in [6.07, 6.45) is 4.95. The van der Waals surface area contributed by atoms with Gasteiger partial charge in [0.05, 0.1) is 13.7 Å². The molecule has 0 fully saturated rings.